The van der Waals surface area contributed by atoms with Gasteiger partial charge in [0.25, 0.3) is 0 Å². The third-order valence-electron chi connectivity index (χ3n) is 5.21. The van der Waals surface area contributed by atoms with Crippen LogP contribution in [0.5, 0.6) is 0 Å². The number of hydrogen-bond acceptors (Lipinski definition) is 3. The smallest absolute Gasteiger partial charge is 0.243 e. The van der Waals surface area contributed by atoms with Gasteiger partial charge in [0, 0.05) is 24.7 Å². The third kappa shape index (κ3) is 6.04. The number of amides is 1. The van der Waals surface area contributed by atoms with E-state index < -0.39 is 10.0 Å². The van der Waals surface area contributed by atoms with Crippen molar-refractivity contribution < 1.29 is 13.2 Å². The Morgan fingerprint density at radius 3 is 2.17 bits per heavy atom. The van der Waals surface area contributed by atoms with Crippen LogP contribution in [0.4, 0.5) is 0 Å². The van der Waals surface area contributed by atoms with Crippen molar-refractivity contribution in [1.29, 1.82) is 0 Å². The van der Waals surface area contributed by atoms with Crippen LogP contribution >= 0.6 is 11.6 Å². The highest BCUT2D eigenvalue weighted by Crippen LogP contribution is 2.20. The van der Waals surface area contributed by atoms with Crippen molar-refractivity contribution in [3.8, 4) is 0 Å². The molecule has 0 N–H and O–H groups in total. The lowest BCUT2D eigenvalue weighted by Gasteiger charge is -2.26. The fraction of sp³-hybridized carbons (Fsp3) is 0.409. The molecule has 1 fully saturated rings. The number of hydrogen-bond donors (Lipinski definition) is 0. The molecule has 156 valence electrons. The van der Waals surface area contributed by atoms with Crippen LogP contribution in [-0.2, 0) is 21.2 Å². The maximum atomic E-state index is 13.3. The average Bonchev–Trinajstić information content (AvgIpc) is 3.01. The van der Waals surface area contributed by atoms with E-state index in [4.69, 9.17) is 11.6 Å². The van der Waals surface area contributed by atoms with Gasteiger partial charge in [-0.05, 0) is 49.1 Å². The largest absolute Gasteiger partial charge is 0.342 e. The molecule has 1 heterocycles. The Hall–Kier alpha value is -1.89. The minimum Gasteiger partial charge on any atom is -0.342 e. The molecule has 0 aromatic heterocycles. The van der Waals surface area contributed by atoms with E-state index in [1.165, 1.54) is 16.4 Å². The maximum Gasteiger partial charge on any atom is 0.243 e. The van der Waals surface area contributed by atoms with E-state index in [0.29, 0.717) is 24.5 Å². The SMILES string of the molecule is O=C(CN(CCc1ccccc1)S(=O)(=O)c1ccc(Cl)cc1)N1CCCCCC1. The van der Waals surface area contributed by atoms with Crippen LogP contribution in [0.2, 0.25) is 5.02 Å². The van der Waals surface area contributed by atoms with E-state index in [1.54, 1.807) is 17.0 Å². The predicted molar refractivity (Wildman–Crippen MR) is 115 cm³/mol. The normalized spacial score (nSPS) is 15.3. The van der Waals surface area contributed by atoms with Gasteiger partial charge in [-0.15, -0.1) is 0 Å². The molecule has 0 atom stereocenters. The summed E-state index contributed by atoms with van der Waals surface area (Å²) in [7, 11) is -3.80. The zero-order chi connectivity index (χ0) is 20.7. The van der Waals surface area contributed by atoms with E-state index in [2.05, 4.69) is 0 Å². The number of benzene rings is 2. The molecule has 0 bridgehead atoms. The molecule has 1 aliphatic heterocycles. The second-order valence-corrected chi connectivity index (χ2v) is 9.70. The van der Waals surface area contributed by atoms with E-state index in [1.807, 2.05) is 30.3 Å². The van der Waals surface area contributed by atoms with Gasteiger partial charge in [0.05, 0.1) is 11.4 Å². The molecular weight excluding hydrogens is 408 g/mol. The van der Waals surface area contributed by atoms with Gasteiger partial charge in [0.1, 0.15) is 0 Å². The highest BCUT2D eigenvalue weighted by Gasteiger charge is 2.28. The van der Waals surface area contributed by atoms with Gasteiger partial charge in [-0.2, -0.15) is 4.31 Å². The molecule has 1 saturated heterocycles. The average molecular weight is 435 g/mol. The molecular formula is C22H27ClN2O3S. The topological polar surface area (TPSA) is 57.7 Å². The summed E-state index contributed by atoms with van der Waals surface area (Å²) in [6.45, 7) is 1.51. The molecule has 2 aromatic rings. The van der Waals surface area contributed by atoms with Crippen molar-refractivity contribution >= 4 is 27.5 Å². The first kappa shape index (κ1) is 21.8. The third-order valence-corrected chi connectivity index (χ3v) is 7.33. The van der Waals surface area contributed by atoms with Crippen LogP contribution in [0.3, 0.4) is 0 Å². The zero-order valence-electron chi connectivity index (χ0n) is 16.5. The Morgan fingerprint density at radius 2 is 1.55 bits per heavy atom. The summed E-state index contributed by atoms with van der Waals surface area (Å²) in [5.41, 5.74) is 1.03. The molecule has 29 heavy (non-hydrogen) atoms. The summed E-state index contributed by atoms with van der Waals surface area (Å²) in [4.78, 5) is 14.9. The molecule has 2 aromatic carbocycles. The number of sulfonamides is 1. The van der Waals surface area contributed by atoms with Crippen molar-refractivity contribution in [3.63, 3.8) is 0 Å². The van der Waals surface area contributed by atoms with Gasteiger partial charge in [0.15, 0.2) is 0 Å². The van der Waals surface area contributed by atoms with Gasteiger partial charge >= 0.3 is 0 Å². The summed E-state index contributed by atoms with van der Waals surface area (Å²) >= 11 is 5.91. The summed E-state index contributed by atoms with van der Waals surface area (Å²) in [6.07, 6.45) is 4.72. The first-order valence-electron chi connectivity index (χ1n) is 10.0. The number of nitrogens with zero attached hydrogens (tertiary/aromatic N) is 2. The van der Waals surface area contributed by atoms with Gasteiger partial charge in [-0.3, -0.25) is 4.79 Å². The van der Waals surface area contributed by atoms with Gasteiger partial charge in [-0.1, -0.05) is 54.8 Å². The van der Waals surface area contributed by atoms with Gasteiger partial charge in [-0.25, -0.2) is 8.42 Å². The lowest BCUT2D eigenvalue weighted by Crippen LogP contribution is -2.44. The number of carbonyl (C=O) groups excluding carboxylic acids is 1. The van der Waals surface area contributed by atoms with Crippen molar-refractivity contribution in [3.05, 3.63) is 65.2 Å². The number of halogens is 1. The van der Waals surface area contributed by atoms with Gasteiger partial charge < -0.3 is 4.90 Å². The Balaban J connectivity index is 1.80. The fourth-order valence-electron chi connectivity index (χ4n) is 3.51. The Kier molecular flexibility index (Phi) is 7.70. The molecule has 1 aliphatic rings. The van der Waals surface area contributed by atoms with Crippen LogP contribution in [0.1, 0.15) is 31.2 Å². The highest BCUT2D eigenvalue weighted by atomic mass is 35.5. The van der Waals surface area contributed by atoms with Crippen LogP contribution in [0, 0.1) is 0 Å². The predicted octanol–water partition coefficient (Wildman–Crippen LogP) is 3.98. The van der Waals surface area contributed by atoms with Crippen LogP contribution in [0.25, 0.3) is 0 Å². The van der Waals surface area contributed by atoms with E-state index in [9.17, 15) is 13.2 Å². The van der Waals surface area contributed by atoms with Crippen molar-refractivity contribution in [2.75, 3.05) is 26.2 Å². The van der Waals surface area contributed by atoms with Crippen LogP contribution < -0.4 is 0 Å². The summed E-state index contributed by atoms with van der Waals surface area (Å²) in [5, 5.41) is 0.473. The maximum absolute atomic E-state index is 13.3. The molecule has 5 nitrogen and oxygen atoms in total. The lowest BCUT2D eigenvalue weighted by atomic mass is 10.1. The second kappa shape index (κ2) is 10.2. The quantitative estimate of drug-likeness (QED) is 0.662. The zero-order valence-corrected chi connectivity index (χ0v) is 18.0. The monoisotopic (exact) mass is 434 g/mol. The summed E-state index contributed by atoms with van der Waals surface area (Å²) in [6, 6.07) is 15.8. The lowest BCUT2D eigenvalue weighted by molar-refractivity contribution is -0.131. The molecule has 7 heteroatoms. The fourth-order valence-corrected chi connectivity index (χ4v) is 5.03. The molecule has 0 saturated carbocycles. The second-order valence-electron chi connectivity index (χ2n) is 7.32. The number of likely N-dealkylation sites (tertiary alicyclic amines) is 1. The Labute approximate surface area is 178 Å². The van der Waals surface area contributed by atoms with Crippen LogP contribution in [-0.4, -0.2) is 49.7 Å². The first-order chi connectivity index (χ1) is 14.0. The molecule has 0 aliphatic carbocycles. The Morgan fingerprint density at radius 1 is 0.931 bits per heavy atom. The standard InChI is InChI=1S/C22H27ClN2O3S/c23-20-10-12-21(13-11-20)29(27,28)25(17-14-19-8-4-3-5-9-19)18-22(26)24-15-6-1-2-7-16-24/h3-5,8-13H,1-2,6-7,14-18H2. The highest BCUT2D eigenvalue weighted by molar-refractivity contribution is 7.89. The Bertz CT molecular complexity index is 893. The van der Waals surface area contributed by atoms with Crippen molar-refractivity contribution in [2.24, 2.45) is 0 Å². The van der Waals surface area contributed by atoms with E-state index in [0.717, 1.165) is 31.2 Å². The molecule has 0 spiro atoms. The van der Waals surface area contributed by atoms with E-state index in [-0.39, 0.29) is 23.9 Å². The molecule has 3 rings (SSSR count). The molecule has 0 unspecified atom stereocenters. The first-order valence-corrected chi connectivity index (χ1v) is 11.9. The molecule has 1 amide bonds. The number of rotatable bonds is 7. The van der Waals surface area contributed by atoms with Crippen molar-refractivity contribution in [1.82, 2.24) is 9.21 Å². The van der Waals surface area contributed by atoms with Crippen molar-refractivity contribution in [2.45, 2.75) is 37.0 Å². The van der Waals surface area contributed by atoms with Gasteiger partial charge in [0.2, 0.25) is 15.9 Å². The van der Waals surface area contributed by atoms with E-state index >= 15 is 0 Å². The number of carbonyl (C=O) groups is 1. The molecule has 0 radical (unpaired) electrons. The summed E-state index contributed by atoms with van der Waals surface area (Å²) < 4.78 is 27.8. The van der Waals surface area contributed by atoms with Crippen LogP contribution in [0.15, 0.2) is 59.5 Å². The minimum atomic E-state index is -3.80. The summed E-state index contributed by atoms with van der Waals surface area (Å²) in [5.74, 6) is -0.127. The minimum absolute atomic E-state index is 0.127.